The third-order valence-electron chi connectivity index (χ3n) is 3.46. The maximum Gasteiger partial charge on any atom is 0.298 e. The van der Waals surface area contributed by atoms with Crippen LogP contribution in [0.5, 0.6) is 11.5 Å². The lowest BCUT2D eigenvalue weighted by Crippen LogP contribution is -2.27. The number of carbonyl (C=O) groups is 2. The van der Waals surface area contributed by atoms with Crippen LogP contribution in [0.3, 0.4) is 0 Å². The van der Waals surface area contributed by atoms with Crippen LogP contribution in [-0.4, -0.2) is 22.9 Å². The molecule has 1 fully saturated rings. The van der Waals surface area contributed by atoms with Crippen LogP contribution >= 0.6 is 23.4 Å². The Morgan fingerprint density at radius 3 is 2.60 bits per heavy atom. The van der Waals surface area contributed by atoms with Crippen LogP contribution in [0.25, 0.3) is 6.08 Å². The van der Waals surface area contributed by atoms with E-state index in [4.69, 9.17) is 16.3 Å². The molecule has 1 N–H and O–H groups in total. The summed E-state index contributed by atoms with van der Waals surface area (Å²) in [6.07, 6.45) is 1.60. The minimum atomic E-state index is -0.400. The fourth-order valence-electron chi connectivity index (χ4n) is 2.32. The number of benzene rings is 2. The monoisotopic (exact) mass is 375 g/mol. The number of amides is 2. The molecule has 5 nitrogen and oxygen atoms in total. The van der Waals surface area contributed by atoms with Gasteiger partial charge >= 0.3 is 0 Å². The maximum atomic E-state index is 12.6. The first-order valence-electron chi connectivity index (χ1n) is 7.49. The van der Waals surface area contributed by atoms with Crippen molar-refractivity contribution in [3.63, 3.8) is 0 Å². The summed E-state index contributed by atoms with van der Waals surface area (Å²) in [4.78, 5) is 26.2. The minimum Gasteiger partial charge on any atom is -0.504 e. The molecule has 0 aromatic heterocycles. The van der Waals surface area contributed by atoms with Crippen molar-refractivity contribution in [3.05, 3.63) is 58.0 Å². The molecule has 7 heteroatoms. The average Bonchev–Trinajstić information content (AvgIpc) is 2.86. The second-order valence-corrected chi connectivity index (χ2v) is 6.58. The Morgan fingerprint density at radius 1 is 1.20 bits per heavy atom. The normalized spacial score (nSPS) is 15.9. The first-order valence-corrected chi connectivity index (χ1v) is 8.68. The van der Waals surface area contributed by atoms with Crippen LogP contribution in [-0.2, 0) is 4.79 Å². The van der Waals surface area contributed by atoms with Crippen molar-refractivity contribution in [2.24, 2.45) is 0 Å². The number of anilines is 1. The number of thioether (sulfide) groups is 1. The number of ether oxygens (including phenoxy) is 1. The molecule has 1 saturated heterocycles. The quantitative estimate of drug-likeness (QED) is 0.785. The van der Waals surface area contributed by atoms with E-state index < -0.39 is 5.91 Å². The summed E-state index contributed by atoms with van der Waals surface area (Å²) < 4.78 is 5.33. The molecule has 1 aliphatic rings. The molecule has 3 rings (SSSR count). The molecule has 0 unspecified atom stereocenters. The highest BCUT2D eigenvalue weighted by Gasteiger charge is 2.36. The predicted octanol–water partition coefficient (Wildman–Crippen LogP) is 4.69. The smallest absolute Gasteiger partial charge is 0.298 e. The lowest BCUT2D eigenvalue weighted by molar-refractivity contribution is -0.113. The molecule has 2 aromatic carbocycles. The molecule has 2 amide bonds. The van der Waals surface area contributed by atoms with E-state index >= 15 is 0 Å². The van der Waals surface area contributed by atoms with Gasteiger partial charge in [0.2, 0.25) is 0 Å². The van der Waals surface area contributed by atoms with Crippen molar-refractivity contribution >= 4 is 46.3 Å². The van der Waals surface area contributed by atoms with E-state index in [0.29, 0.717) is 33.5 Å². The van der Waals surface area contributed by atoms with Crippen molar-refractivity contribution in [3.8, 4) is 11.5 Å². The standard InChI is InChI=1S/C18H14ClNO4S/c1-2-24-15-9-11(3-8-14(15)21)10-16-17(22)20(18(23)25-16)13-6-4-12(19)5-7-13/h3-10,21H,2H2,1H3/b16-10+. The van der Waals surface area contributed by atoms with Gasteiger partial charge in [0.25, 0.3) is 11.1 Å². The molecule has 128 valence electrons. The molecule has 0 atom stereocenters. The van der Waals surface area contributed by atoms with Crippen LogP contribution in [0.2, 0.25) is 5.02 Å². The zero-order chi connectivity index (χ0) is 18.0. The van der Waals surface area contributed by atoms with Gasteiger partial charge in [-0.05, 0) is 66.7 Å². The topological polar surface area (TPSA) is 66.8 Å². The van der Waals surface area contributed by atoms with Gasteiger partial charge in [0, 0.05) is 5.02 Å². The van der Waals surface area contributed by atoms with E-state index in [1.165, 1.54) is 6.07 Å². The molecule has 1 heterocycles. The number of rotatable bonds is 4. The Hall–Kier alpha value is -2.44. The van der Waals surface area contributed by atoms with Gasteiger partial charge in [0.05, 0.1) is 17.2 Å². The highest BCUT2D eigenvalue weighted by molar-refractivity contribution is 8.19. The SMILES string of the molecule is CCOc1cc(/C=C2/SC(=O)N(c3ccc(Cl)cc3)C2=O)ccc1O. The number of aromatic hydroxyl groups is 1. The first kappa shape index (κ1) is 17.4. The van der Waals surface area contributed by atoms with Gasteiger partial charge in [-0.25, -0.2) is 4.90 Å². The van der Waals surface area contributed by atoms with E-state index in [0.717, 1.165) is 16.7 Å². The molecule has 0 saturated carbocycles. The molecule has 0 spiro atoms. The zero-order valence-electron chi connectivity index (χ0n) is 13.2. The highest BCUT2D eigenvalue weighted by Crippen LogP contribution is 2.37. The molecule has 1 aliphatic heterocycles. The van der Waals surface area contributed by atoms with E-state index in [-0.39, 0.29) is 11.0 Å². The highest BCUT2D eigenvalue weighted by atomic mass is 35.5. The number of hydrogen-bond acceptors (Lipinski definition) is 5. The van der Waals surface area contributed by atoms with Crippen molar-refractivity contribution in [1.29, 1.82) is 0 Å². The lowest BCUT2D eigenvalue weighted by Gasteiger charge is -2.12. The van der Waals surface area contributed by atoms with Gasteiger partial charge in [0.1, 0.15) is 0 Å². The second-order valence-electron chi connectivity index (χ2n) is 5.15. The molecule has 0 radical (unpaired) electrons. The maximum absolute atomic E-state index is 12.6. The van der Waals surface area contributed by atoms with Crippen molar-refractivity contribution < 1.29 is 19.4 Å². The van der Waals surface area contributed by atoms with Crippen LogP contribution in [0, 0.1) is 0 Å². The summed E-state index contributed by atoms with van der Waals surface area (Å²) in [5.74, 6) is -0.0511. The van der Waals surface area contributed by atoms with E-state index in [2.05, 4.69) is 0 Å². The third kappa shape index (κ3) is 3.65. The summed E-state index contributed by atoms with van der Waals surface area (Å²) in [5, 5.41) is 9.90. The first-order chi connectivity index (χ1) is 12.0. The summed E-state index contributed by atoms with van der Waals surface area (Å²) in [6.45, 7) is 2.22. The van der Waals surface area contributed by atoms with Gasteiger partial charge in [-0.1, -0.05) is 17.7 Å². The Kier molecular flexibility index (Phi) is 5.01. The molecule has 0 bridgehead atoms. The van der Waals surface area contributed by atoms with Crippen molar-refractivity contribution in [1.82, 2.24) is 0 Å². The Labute approximate surface area is 153 Å². The van der Waals surface area contributed by atoms with Crippen molar-refractivity contribution in [2.45, 2.75) is 6.92 Å². The summed E-state index contributed by atoms with van der Waals surface area (Å²) >= 11 is 6.70. The fraction of sp³-hybridized carbons (Fsp3) is 0.111. The third-order valence-corrected chi connectivity index (χ3v) is 4.58. The zero-order valence-corrected chi connectivity index (χ0v) is 14.8. The number of halogens is 1. The molecule has 0 aliphatic carbocycles. The van der Waals surface area contributed by atoms with Gasteiger partial charge in [-0.2, -0.15) is 0 Å². The van der Waals surface area contributed by atoms with Gasteiger partial charge in [-0.3, -0.25) is 9.59 Å². The second kappa shape index (κ2) is 7.21. The number of phenolic OH excluding ortho intramolecular Hbond substituents is 1. The van der Waals surface area contributed by atoms with Crippen LogP contribution < -0.4 is 9.64 Å². The number of imide groups is 1. The molecule has 25 heavy (non-hydrogen) atoms. The largest absolute Gasteiger partial charge is 0.504 e. The molecule has 2 aromatic rings. The molecular weight excluding hydrogens is 362 g/mol. The average molecular weight is 376 g/mol. The number of nitrogens with zero attached hydrogens (tertiary/aromatic N) is 1. The number of hydrogen-bond donors (Lipinski definition) is 1. The summed E-state index contributed by atoms with van der Waals surface area (Å²) in [6, 6.07) is 11.2. The minimum absolute atomic E-state index is 0.0215. The van der Waals surface area contributed by atoms with E-state index in [1.807, 2.05) is 6.92 Å². The van der Waals surface area contributed by atoms with Gasteiger partial charge in [-0.15, -0.1) is 0 Å². The van der Waals surface area contributed by atoms with Gasteiger partial charge in [0.15, 0.2) is 11.5 Å². The number of phenols is 1. The Morgan fingerprint density at radius 2 is 1.92 bits per heavy atom. The lowest BCUT2D eigenvalue weighted by atomic mass is 10.2. The fourth-order valence-corrected chi connectivity index (χ4v) is 3.29. The Bertz CT molecular complexity index is 864. The van der Waals surface area contributed by atoms with Gasteiger partial charge < -0.3 is 9.84 Å². The number of carbonyl (C=O) groups excluding carboxylic acids is 2. The van der Waals surface area contributed by atoms with E-state index in [9.17, 15) is 14.7 Å². The van der Waals surface area contributed by atoms with Crippen LogP contribution in [0.15, 0.2) is 47.4 Å². The Balaban J connectivity index is 1.90. The van der Waals surface area contributed by atoms with Crippen molar-refractivity contribution in [2.75, 3.05) is 11.5 Å². The summed E-state index contributed by atoms with van der Waals surface area (Å²) in [5.41, 5.74) is 1.12. The van der Waals surface area contributed by atoms with E-state index in [1.54, 1.807) is 42.5 Å². The molecular formula is C18H14ClNO4S. The summed E-state index contributed by atoms with van der Waals surface area (Å²) in [7, 11) is 0. The van der Waals surface area contributed by atoms with Crippen LogP contribution in [0.4, 0.5) is 10.5 Å². The van der Waals surface area contributed by atoms with Crippen LogP contribution in [0.1, 0.15) is 12.5 Å². The predicted molar refractivity (Wildman–Crippen MR) is 99.2 cm³/mol.